The molecular weight excluding hydrogens is 590 g/mol. The molecule has 3 aliphatic rings. The average Bonchev–Trinajstić information content (AvgIpc) is 3.73. The highest BCUT2D eigenvalue weighted by molar-refractivity contribution is 6.00. The quantitative estimate of drug-likeness (QED) is 0.162. The molecule has 0 radical (unpaired) electrons. The summed E-state index contributed by atoms with van der Waals surface area (Å²) < 4.78 is 6.89. The highest BCUT2D eigenvalue weighted by atomic mass is 16.3. The van der Waals surface area contributed by atoms with Crippen LogP contribution in [0.5, 0.6) is 0 Å². The average molecular weight is 630 g/mol. The minimum atomic E-state index is -0.918. The minimum absolute atomic E-state index is 0.165. The largest absolute Gasteiger partial charge is 0.400 e. The fraction of sp³-hybridized carbons (Fsp3) is 0.452. The number of hydrogen-bond donors (Lipinski definition) is 7. The van der Waals surface area contributed by atoms with E-state index in [-0.39, 0.29) is 31.9 Å². The van der Waals surface area contributed by atoms with E-state index in [1.807, 2.05) is 56.5 Å². The zero-order valence-electron chi connectivity index (χ0n) is 26.1. The zero-order chi connectivity index (χ0) is 32.6. The lowest BCUT2D eigenvalue weighted by molar-refractivity contribution is -0.575. The van der Waals surface area contributed by atoms with E-state index in [4.69, 9.17) is 31.6 Å². The molecule has 6 unspecified atom stereocenters. The van der Waals surface area contributed by atoms with Crippen LogP contribution < -0.4 is 11.1 Å². The van der Waals surface area contributed by atoms with Gasteiger partial charge in [-0.05, 0) is 67.3 Å². The number of azo groups is 4. The normalized spacial score (nSPS) is 26.9. The number of aliphatic hydroxyl groups is 4. The van der Waals surface area contributed by atoms with Crippen molar-refractivity contribution in [1.82, 2.24) is 24.5 Å². The van der Waals surface area contributed by atoms with Crippen LogP contribution in [0.15, 0.2) is 46.3 Å². The smallest absolute Gasteiger partial charge is 0.197 e. The fourth-order valence-corrected chi connectivity index (χ4v) is 6.38. The number of aryl methyl sites for hydroxylation is 4. The highest BCUT2D eigenvalue weighted by Gasteiger charge is 2.40. The van der Waals surface area contributed by atoms with Crippen LogP contribution in [0.4, 0.5) is 11.4 Å². The maximum absolute atomic E-state index is 10.2. The van der Waals surface area contributed by atoms with Gasteiger partial charge in [0.1, 0.15) is 35.8 Å². The number of pyridine rings is 2. The van der Waals surface area contributed by atoms with Crippen molar-refractivity contribution in [3.8, 4) is 0 Å². The maximum Gasteiger partial charge on any atom is 0.197 e. The summed E-state index contributed by atoms with van der Waals surface area (Å²) in [6.45, 7) is 8.61. The SMILES string of the molecule is Cc1ccc2c(N=[N+]3CC(O)C(O)C3)c(C3NC(c4nn5c(C)c(C)ccc5c4N=[N+]4CC(O)C(O)C4)C(N)=CC3=N)nn2c1C. The van der Waals surface area contributed by atoms with E-state index in [0.29, 0.717) is 28.5 Å². The first kappa shape index (κ1) is 30.3. The van der Waals surface area contributed by atoms with Crippen LogP contribution in [-0.2, 0) is 0 Å². The van der Waals surface area contributed by atoms with Crippen molar-refractivity contribution in [2.24, 2.45) is 16.0 Å². The first-order valence-electron chi connectivity index (χ1n) is 15.4. The molecule has 0 aromatic carbocycles. The number of nitrogens with two attached hydrogens (primary N) is 1. The molecule has 240 valence electrons. The molecule has 7 rings (SSSR count). The number of nitrogens with one attached hydrogen (secondary N) is 2. The van der Waals surface area contributed by atoms with Gasteiger partial charge in [-0.25, -0.2) is 9.03 Å². The molecular formula is C31H39N11O4+2. The first-order valence-corrected chi connectivity index (χ1v) is 15.4. The third-order valence-electron chi connectivity index (χ3n) is 9.41. The second kappa shape index (κ2) is 11.1. The zero-order valence-corrected chi connectivity index (χ0v) is 26.1. The van der Waals surface area contributed by atoms with E-state index in [2.05, 4.69) is 5.32 Å². The van der Waals surface area contributed by atoms with Crippen molar-refractivity contribution >= 4 is 28.1 Å². The molecule has 0 aliphatic carbocycles. The monoisotopic (exact) mass is 629 g/mol. The third kappa shape index (κ3) is 4.91. The lowest BCUT2D eigenvalue weighted by Crippen LogP contribution is -2.39. The Balaban J connectivity index is 1.38. The number of hydrogen-bond acceptors (Lipinski definition) is 11. The Hall–Kier alpha value is -4.41. The van der Waals surface area contributed by atoms with E-state index >= 15 is 0 Å². The van der Waals surface area contributed by atoms with Gasteiger partial charge in [-0.15, -0.1) is 9.39 Å². The number of β-amino-alcohol motifs (C(OH)–C–C–N with tert-alkyl or cyclic N) is 4. The van der Waals surface area contributed by atoms with Crippen LogP contribution in [0, 0.1) is 33.1 Å². The third-order valence-corrected chi connectivity index (χ3v) is 9.41. The van der Waals surface area contributed by atoms with Gasteiger partial charge in [-0.2, -0.15) is 10.2 Å². The predicted molar refractivity (Wildman–Crippen MR) is 166 cm³/mol. The number of nitrogens with zero attached hydrogens (tertiary/aromatic N) is 8. The van der Waals surface area contributed by atoms with Crippen LogP contribution in [0.3, 0.4) is 0 Å². The standard InChI is InChI=1S/C31H39N11O4/c1-14-5-7-20-28(35-39-10-22(43)23(44)11-39)30(37-41(20)16(14)3)26-18(32)9-19(33)27(34-26)31-29(36-40-12-24(45)25(46)13-40)21-8-6-15(2)17(4)42(21)38-31/h5-9,22-27,32,34,43-46H,10-13,33H2,1-4H3/q+2. The molecule has 0 bridgehead atoms. The van der Waals surface area contributed by atoms with E-state index in [1.54, 1.807) is 20.0 Å². The number of aromatic nitrogens is 4. The van der Waals surface area contributed by atoms with Gasteiger partial charge in [0, 0.05) is 17.1 Å². The molecule has 2 fully saturated rings. The number of aliphatic hydroxyl groups excluding tert-OH is 4. The Kier molecular flexibility index (Phi) is 7.32. The van der Waals surface area contributed by atoms with Crippen LogP contribution in [-0.4, -0.2) is 105 Å². The topological polar surface area (TPSA) is 208 Å². The molecule has 15 nitrogen and oxygen atoms in total. The summed E-state index contributed by atoms with van der Waals surface area (Å²) in [6.07, 6.45) is -2.06. The van der Waals surface area contributed by atoms with Gasteiger partial charge in [0.2, 0.25) is 0 Å². The van der Waals surface area contributed by atoms with Gasteiger partial charge >= 0.3 is 0 Å². The highest BCUT2D eigenvalue weighted by Crippen LogP contribution is 2.40. The Morgan fingerprint density at radius 3 is 1.59 bits per heavy atom. The molecule has 7 heterocycles. The van der Waals surface area contributed by atoms with Crippen molar-refractivity contribution in [3.63, 3.8) is 0 Å². The Morgan fingerprint density at radius 2 is 1.15 bits per heavy atom. The van der Waals surface area contributed by atoms with Gasteiger partial charge < -0.3 is 31.6 Å². The van der Waals surface area contributed by atoms with Gasteiger partial charge in [0.15, 0.2) is 37.6 Å². The molecule has 46 heavy (non-hydrogen) atoms. The molecule has 4 aromatic heterocycles. The van der Waals surface area contributed by atoms with Gasteiger partial charge in [0.05, 0.1) is 28.8 Å². The molecule has 0 spiro atoms. The van der Waals surface area contributed by atoms with Crippen molar-refractivity contribution in [3.05, 3.63) is 69.9 Å². The van der Waals surface area contributed by atoms with E-state index < -0.39 is 36.5 Å². The molecule has 0 saturated carbocycles. The fourth-order valence-electron chi connectivity index (χ4n) is 6.38. The van der Waals surface area contributed by atoms with Crippen molar-refractivity contribution in [1.29, 1.82) is 5.41 Å². The number of fused-ring (bicyclic) bond motifs is 2. The van der Waals surface area contributed by atoms with E-state index in [9.17, 15) is 20.4 Å². The van der Waals surface area contributed by atoms with Crippen LogP contribution in [0.2, 0.25) is 0 Å². The summed E-state index contributed by atoms with van der Waals surface area (Å²) in [7, 11) is 0. The van der Waals surface area contributed by atoms with Crippen LogP contribution in [0.1, 0.15) is 46.0 Å². The lowest BCUT2D eigenvalue weighted by Gasteiger charge is -2.28. The van der Waals surface area contributed by atoms with Gasteiger partial charge in [-0.3, -0.25) is 5.32 Å². The minimum Gasteiger partial charge on any atom is -0.400 e. The Labute approximate surface area is 264 Å². The predicted octanol–water partition coefficient (Wildman–Crippen LogP) is 1.13. The summed E-state index contributed by atoms with van der Waals surface area (Å²) in [5, 5.41) is 73.0. The van der Waals surface area contributed by atoms with E-state index in [0.717, 1.165) is 33.5 Å². The Bertz CT molecular complexity index is 1980. The van der Waals surface area contributed by atoms with Crippen molar-refractivity contribution in [2.45, 2.75) is 64.2 Å². The molecule has 6 atom stereocenters. The first-order chi connectivity index (χ1) is 21.9. The second-order valence-corrected chi connectivity index (χ2v) is 12.6. The second-order valence-electron chi connectivity index (χ2n) is 12.6. The molecule has 15 heteroatoms. The summed E-state index contributed by atoms with van der Waals surface area (Å²) in [6, 6.07) is 6.43. The lowest BCUT2D eigenvalue weighted by atomic mass is 9.95. The number of rotatable bonds is 4. The molecule has 8 N–H and O–H groups in total. The summed E-state index contributed by atoms with van der Waals surface area (Å²) >= 11 is 0. The van der Waals surface area contributed by atoms with Gasteiger partial charge in [0.25, 0.3) is 0 Å². The Morgan fingerprint density at radius 1 is 0.739 bits per heavy atom. The van der Waals surface area contributed by atoms with Crippen LogP contribution >= 0.6 is 0 Å². The molecule has 0 amide bonds. The molecule has 4 aromatic rings. The maximum atomic E-state index is 10.2. The van der Waals surface area contributed by atoms with Crippen molar-refractivity contribution < 1.29 is 29.8 Å². The van der Waals surface area contributed by atoms with Crippen molar-refractivity contribution in [2.75, 3.05) is 26.2 Å². The molecule has 3 aliphatic heterocycles. The summed E-state index contributed by atoms with van der Waals surface area (Å²) in [5.41, 5.74) is 14.6. The molecule has 2 saturated heterocycles. The summed E-state index contributed by atoms with van der Waals surface area (Å²) in [5.74, 6) is 0. The summed E-state index contributed by atoms with van der Waals surface area (Å²) in [4.78, 5) is 0. The van der Waals surface area contributed by atoms with Gasteiger partial charge in [-0.1, -0.05) is 12.1 Å². The van der Waals surface area contributed by atoms with Crippen LogP contribution in [0.25, 0.3) is 11.0 Å². The van der Waals surface area contributed by atoms with E-state index in [1.165, 1.54) is 0 Å².